The van der Waals surface area contributed by atoms with Crippen LogP contribution >= 0.6 is 0 Å². The lowest BCUT2D eigenvalue weighted by atomic mass is 9.74. The molecule has 0 spiro atoms. The standard InChI is InChI=1S/C46H59NO9/c1-7-15-36(45(53)39(49)20-14-21-42(52)47-44(41(51)24-30(2)3)35-18-12-9-13-19-35)22-23-38(48)37-25-33(28-55-29-37)26-40(50)43(34-16-10-8-11-17-34)32(6)46(54)56-27-31(4)5/h9,12-14,18-20,22-24,26,31,34,36-37,43-44H,6-8,10-11,15-17,21,25,27-29H2,1-5H3,(H,47,52)/b20-14+,23-22+,33-26-/t36?,37-,43?,44?/m0/s1. The van der Waals surface area contributed by atoms with Crippen LogP contribution in [-0.2, 0) is 43.0 Å². The summed E-state index contributed by atoms with van der Waals surface area (Å²) in [7, 11) is 0. The molecular formula is C46H59NO9. The average molecular weight is 770 g/mol. The number of amides is 1. The maximum atomic E-state index is 13.8. The molecule has 56 heavy (non-hydrogen) atoms. The molecule has 2 fully saturated rings. The Labute approximate surface area is 331 Å². The number of allylic oxidation sites excluding steroid dienone is 5. The van der Waals surface area contributed by atoms with Crippen LogP contribution in [0.25, 0.3) is 0 Å². The zero-order valence-electron chi connectivity index (χ0n) is 33.7. The summed E-state index contributed by atoms with van der Waals surface area (Å²) in [5.74, 6) is -5.41. The van der Waals surface area contributed by atoms with Crippen LogP contribution in [-0.4, -0.2) is 60.6 Å². The molecule has 1 N–H and O–H groups in total. The highest BCUT2D eigenvalue weighted by atomic mass is 16.5. The summed E-state index contributed by atoms with van der Waals surface area (Å²) in [6.45, 7) is 13.9. The Bertz CT molecular complexity index is 1700. The lowest BCUT2D eigenvalue weighted by Crippen LogP contribution is -2.33. The molecule has 10 nitrogen and oxygen atoms in total. The monoisotopic (exact) mass is 769 g/mol. The van der Waals surface area contributed by atoms with Gasteiger partial charge in [0.1, 0.15) is 6.04 Å². The molecule has 1 heterocycles. The topological polar surface area (TPSA) is 150 Å². The van der Waals surface area contributed by atoms with E-state index in [1.165, 1.54) is 30.4 Å². The molecule has 1 aliphatic heterocycles. The van der Waals surface area contributed by atoms with Crippen LogP contribution in [0.4, 0.5) is 0 Å². The second kappa shape index (κ2) is 23.3. The van der Waals surface area contributed by atoms with Gasteiger partial charge in [-0.1, -0.05) is 101 Å². The predicted octanol–water partition coefficient (Wildman–Crippen LogP) is 7.49. The van der Waals surface area contributed by atoms with Crippen LogP contribution in [0, 0.1) is 29.6 Å². The van der Waals surface area contributed by atoms with Crippen molar-refractivity contribution in [3.05, 3.63) is 95.6 Å². The highest BCUT2D eigenvalue weighted by molar-refractivity contribution is 6.42. The Morgan fingerprint density at radius 2 is 1.66 bits per heavy atom. The number of hydrogen-bond acceptors (Lipinski definition) is 9. The van der Waals surface area contributed by atoms with Gasteiger partial charge in [0, 0.05) is 23.8 Å². The van der Waals surface area contributed by atoms with Crippen molar-refractivity contribution in [2.24, 2.45) is 29.6 Å². The summed E-state index contributed by atoms with van der Waals surface area (Å²) in [5, 5.41) is 2.71. The van der Waals surface area contributed by atoms with E-state index in [2.05, 4.69) is 11.9 Å². The van der Waals surface area contributed by atoms with Gasteiger partial charge in [-0.2, -0.15) is 0 Å². The number of ketones is 5. The van der Waals surface area contributed by atoms with Crippen molar-refractivity contribution in [1.29, 1.82) is 0 Å². The number of Topliss-reactive ketones (excluding diaryl/α,β-unsaturated/α-hetero) is 1. The van der Waals surface area contributed by atoms with Gasteiger partial charge >= 0.3 is 5.97 Å². The zero-order chi connectivity index (χ0) is 41.2. The fourth-order valence-corrected chi connectivity index (χ4v) is 7.02. The molecule has 1 aromatic carbocycles. The minimum Gasteiger partial charge on any atom is -0.462 e. The molecule has 1 saturated heterocycles. The summed E-state index contributed by atoms with van der Waals surface area (Å²) < 4.78 is 11.2. The van der Waals surface area contributed by atoms with E-state index in [1.807, 2.05) is 26.8 Å². The van der Waals surface area contributed by atoms with Crippen LogP contribution in [0.5, 0.6) is 0 Å². The number of ether oxygens (including phenoxy) is 2. The summed E-state index contributed by atoms with van der Waals surface area (Å²) in [4.78, 5) is 91.7. The second-order valence-electron chi connectivity index (χ2n) is 15.5. The van der Waals surface area contributed by atoms with Gasteiger partial charge in [0.15, 0.2) is 17.3 Å². The van der Waals surface area contributed by atoms with Gasteiger partial charge in [-0.05, 0) is 86.8 Å². The van der Waals surface area contributed by atoms with E-state index >= 15 is 0 Å². The number of hydrogen-bond donors (Lipinski definition) is 1. The number of rotatable bonds is 21. The minimum absolute atomic E-state index is 0.0184. The first-order chi connectivity index (χ1) is 26.7. The van der Waals surface area contributed by atoms with Gasteiger partial charge < -0.3 is 14.8 Å². The van der Waals surface area contributed by atoms with Crippen molar-refractivity contribution in [1.82, 2.24) is 5.32 Å². The Hall–Kier alpha value is -4.83. The smallest absolute Gasteiger partial charge is 0.334 e. The van der Waals surface area contributed by atoms with E-state index in [0.717, 1.165) is 43.8 Å². The molecule has 2 aliphatic rings. The van der Waals surface area contributed by atoms with Gasteiger partial charge in [-0.3, -0.25) is 28.8 Å². The number of carbonyl (C=O) groups is 7. The summed E-state index contributed by atoms with van der Waals surface area (Å²) in [6.07, 6.45) is 13.7. The van der Waals surface area contributed by atoms with Gasteiger partial charge in [-0.15, -0.1) is 0 Å². The quantitative estimate of drug-likeness (QED) is 0.0763. The minimum atomic E-state index is -0.897. The van der Waals surface area contributed by atoms with E-state index < -0.39 is 47.2 Å². The Kier molecular flexibility index (Phi) is 18.9. The Morgan fingerprint density at radius 3 is 2.30 bits per heavy atom. The van der Waals surface area contributed by atoms with Crippen molar-refractivity contribution < 1.29 is 43.0 Å². The molecule has 0 bridgehead atoms. The van der Waals surface area contributed by atoms with E-state index in [-0.39, 0.29) is 67.4 Å². The van der Waals surface area contributed by atoms with E-state index in [0.29, 0.717) is 24.0 Å². The van der Waals surface area contributed by atoms with E-state index in [4.69, 9.17) is 9.47 Å². The molecular weight excluding hydrogens is 711 g/mol. The molecule has 4 atom stereocenters. The molecule has 3 rings (SSSR count). The van der Waals surface area contributed by atoms with Crippen molar-refractivity contribution in [3.63, 3.8) is 0 Å². The third-order valence-corrected chi connectivity index (χ3v) is 9.88. The van der Waals surface area contributed by atoms with E-state index in [1.54, 1.807) is 38.1 Å². The molecule has 1 aromatic rings. The van der Waals surface area contributed by atoms with Gasteiger partial charge in [0.2, 0.25) is 17.5 Å². The van der Waals surface area contributed by atoms with Crippen LogP contribution < -0.4 is 5.32 Å². The van der Waals surface area contributed by atoms with Crippen LogP contribution in [0.15, 0.2) is 90.1 Å². The number of benzene rings is 1. The van der Waals surface area contributed by atoms with Crippen molar-refractivity contribution >= 4 is 40.8 Å². The summed E-state index contributed by atoms with van der Waals surface area (Å²) >= 11 is 0. The maximum Gasteiger partial charge on any atom is 0.334 e. The molecule has 1 amide bonds. The molecule has 302 valence electrons. The third kappa shape index (κ3) is 14.7. The van der Waals surface area contributed by atoms with Gasteiger partial charge in [0.25, 0.3) is 0 Å². The molecule has 3 unspecified atom stereocenters. The van der Waals surface area contributed by atoms with Gasteiger partial charge in [0.05, 0.1) is 25.7 Å². The Morgan fingerprint density at radius 1 is 0.964 bits per heavy atom. The molecule has 1 aliphatic carbocycles. The fourth-order valence-electron chi connectivity index (χ4n) is 7.02. The average Bonchev–Trinajstić information content (AvgIpc) is 3.17. The molecule has 10 heteroatoms. The van der Waals surface area contributed by atoms with E-state index in [9.17, 15) is 33.6 Å². The first-order valence-corrected chi connectivity index (χ1v) is 19.9. The molecule has 0 radical (unpaired) electrons. The third-order valence-electron chi connectivity index (χ3n) is 9.88. The summed E-state index contributed by atoms with van der Waals surface area (Å²) in [6, 6.07) is 7.93. The normalized spacial score (nSPS) is 18.6. The lowest BCUT2D eigenvalue weighted by Gasteiger charge is -2.30. The van der Waals surface area contributed by atoms with Crippen molar-refractivity contribution in [2.45, 2.75) is 98.4 Å². The zero-order valence-corrected chi connectivity index (χ0v) is 33.7. The number of esters is 1. The van der Waals surface area contributed by atoms with Crippen LogP contribution in [0.1, 0.15) is 104 Å². The summed E-state index contributed by atoms with van der Waals surface area (Å²) in [5.41, 5.74) is 2.21. The maximum absolute atomic E-state index is 13.8. The predicted molar refractivity (Wildman–Crippen MR) is 215 cm³/mol. The van der Waals surface area contributed by atoms with Crippen LogP contribution in [0.2, 0.25) is 0 Å². The lowest BCUT2D eigenvalue weighted by molar-refractivity contribution is -0.142. The highest BCUT2D eigenvalue weighted by Gasteiger charge is 2.35. The molecule has 1 saturated carbocycles. The number of carbonyl (C=O) groups excluding carboxylic acids is 7. The van der Waals surface area contributed by atoms with Crippen molar-refractivity contribution in [3.8, 4) is 0 Å². The SMILES string of the molecule is C=C(C(=O)OCC(C)C)C(C(=O)/C=C1\COC[C@@H](C(=O)/C=C/C(CCC)C(=O)C(=O)/C=C/CC(=O)NC(C(=O)C=C(C)C)c2ccccc2)C1)C1CCCCC1. The largest absolute Gasteiger partial charge is 0.462 e. The van der Waals surface area contributed by atoms with Crippen LogP contribution in [0.3, 0.4) is 0 Å². The second-order valence-corrected chi connectivity index (χ2v) is 15.5. The highest BCUT2D eigenvalue weighted by Crippen LogP contribution is 2.35. The Balaban J connectivity index is 1.64. The van der Waals surface area contributed by atoms with Crippen molar-refractivity contribution in [2.75, 3.05) is 19.8 Å². The fraction of sp³-hybridized carbons (Fsp3) is 0.500. The van der Waals surface area contributed by atoms with Gasteiger partial charge in [-0.25, -0.2) is 4.79 Å². The number of nitrogens with one attached hydrogen (secondary N) is 1. The molecule has 0 aromatic heterocycles. The first kappa shape index (κ1) is 45.6. The first-order valence-electron chi connectivity index (χ1n) is 19.9.